The van der Waals surface area contributed by atoms with Crippen molar-refractivity contribution in [2.24, 2.45) is 0 Å². The molecule has 4 N–H and O–H groups in total. The van der Waals surface area contributed by atoms with Crippen molar-refractivity contribution in [3.05, 3.63) is 12.2 Å². The molecule has 0 aliphatic rings. The van der Waals surface area contributed by atoms with E-state index in [4.69, 9.17) is 20.4 Å². The van der Waals surface area contributed by atoms with Gasteiger partial charge in [0.25, 0.3) is 0 Å². The molecule has 0 saturated carbocycles. The summed E-state index contributed by atoms with van der Waals surface area (Å²) in [6.07, 6.45) is 21.9. The number of unbranched alkanes of at least 4 members (excludes halogenated alkanes) is 12. The van der Waals surface area contributed by atoms with Gasteiger partial charge in [0, 0.05) is 0 Å². The van der Waals surface area contributed by atoms with Crippen LogP contribution in [0.3, 0.4) is 0 Å². The number of rotatable bonds is 20. The number of allylic oxidation sites excluding steroid dienone is 2. The molecule has 0 aliphatic heterocycles. The average Bonchev–Trinajstić information content (AvgIpc) is 2.70. The minimum absolute atomic E-state index is 0. The number of carbonyl (C=O) groups excluding carboxylic acids is 1. The minimum Gasteiger partial charge on any atom is -0.542 e. The van der Waals surface area contributed by atoms with Crippen LogP contribution in [0.4, 0.5) is 0 Å². The van der Waals surface area contributed by atoms with Gasteiger partial charge in [0.15, 0.2) is 5.60 Å². The largest absolute Gasteiger partial charge is 1.00 e. The summed E-state index contributed by atoms with van der Waals surface area (Å²) in [5.74, 6) is -5.02. The van der Waals surface area contributed by atoms with Crippen molar-refractivity contribution >= 4 is 24.2 Å². The van der Waals surface area contributed by atoms with E-state index in [9.17, 15) is 19.2 Å². The number of carbonyl (C=O) groups is 3. The molecular weight excluding hydrogens is 439 g/mol. The Bertz CT molecular complexity index is 533. The third-order valence-electron chi connectivity index (χ3n) is 4.83. The molecule has 186 valence electrons. The predicted molar refractivity (Wildman–Crippen MR) is 122 cm³/mol. The summed E-state index contributed by atoms with van der Waals surface area (Å²) >= 11 is 0. The molecule has 0 heterocycles. The van der Waals surface area contributed by atoms with E-state index in [1.54, 1.807) is 0 Å². The molecule has 0 spiro atoms. The maximum Gasteiger partial charge on any atom is 1.00 e. The molecule has 0 saturated heterocycles. The number of aliphatic carboxylic acids is 3. The van der Waals surface area contributed by atoms with Crippen LogP contribution in [-0.2, 0) is 19.2 Å². The summed E-state index contributed by atoms with van der Waals surface area (Å²) in [6.45, 7) is 2.27. The van der Waals surface area contributed by atoms with Crippen molar-refractivity contribution in [1.82, 2.24) is 0 Å². The monoisotopic (exact) mass is 480 g/mol. The second-order valence-corrected chi connectivity index (χ2v) is 7.96. The first-order valence-corrected chi connectivity index (χ1v) is 11.6. The molecule has 0 aliphatic carbocycles. The van der Waals surface area contributed by atoms with E-state index in [1.165, 1.54) is 77.0 Å². The molecule has 0 aromatic heterocycles. The molecule has 9 heteroatoms. The fraction of sp³-hybridized carbons (Fsp3) is 0.750. The van der Waals surface area contributed by atoms with Crippen molar-refractivity contribution in [1.29, 1.82) is 0 Å². The van der Waals surface area contributed by atoms with Gasteiger partial charge in [-0.15, -0.1) is 0 Å². The van der Waals surface area contributed by atoms with Crippen LogP contribution in [0.25, 0.3) is 0 Å². The van der Waals surface area contributed by atoms with Gasteiger partial charge in [-0.25, -0.2) is 4.79 Å². The van der Waals surface area contributed by atoms with Crippen LogP contribution in [0.15, 0.2) is 12.2 Å². The molecule has 0 fully saturated rings. The van der Waals surface area contributed by atoms with Gasteiger partial charge in [-0.1, -0.05) is 76.9 Å². The Morgan fingerprint density at radius 1 is 0.727 bits per heavy atom. The van der Waals surface area contributed by atoms with Crippen LogP contribution in [0.5, 0.6) is 0 Å². The molecule has 0 bridgehead atoms. The molecule has 0 radical (unpaired) electrons. The molecule has 0 rings (SSSR count). The summed E-state index contributed by atoms with van der Waals surface area (Å²) in [5, 5.41) is 33.8. The zero-order valence-corrected chi connectivity index (χ0v) is 22.4. The Kier molecular flexibility index (Phi) is 28.0. The third-order valence-corrected chi connectivity index (χ3v) is 4.83. The Labute approximate surface area is 220 Å². The normalized spacial score (nSPS) is 10.7. The first-order valence-electron chi connectivity index (χ1n) is 11.6. The van der Waals surface area contributed by atoms with Gasteiger partial charge in [-0.3, -0.25) is 15.9 Å². The molecule has 0 aromatic rings. The Morgan fingerprint density at radius 2 is 1.12 bits per heavy atom. The summed E-state index contributed by atoms with van der Waals surface area (Å²) in [4.78, 5) is 40.5. The number of carboxylic acids is 3. The van der Waals surface area contributed by atoms with E-state index in [2.05, 4.69) is 19.1 Å². The second kappa shape index (κ2) is 25.4. The van der Waals surface area contributed by atoms with Gasteiger partial charge in [0.2, 0.25) is 0 Å². The molecule has 8 nitrogen and oxygen atoms in total. The fourth-order valence-electron chi connectivity index (χ4n) is 2.98. The molecule has 33 heavy (non-hydrogen) atoms. The summed E-state index contributed by atoms with van der Waals surface area (Å²) in [7, 11) is 0. The van der Waals surface area contributed by atoms with Crippen LogP contribution in [0.2, 0.25) is 0 Å². The number of hydrogen-bond acceptors (Lipinski definition) is 5. The SMILES string of the molecule is CCCCCCCC/C=C\CCCCCCC[C-]=O.O=C(O)CC(O)(CC(=O)O)C(=O)O.[Na+]. The number of aliphatic hydroxyl groups is 1. The van der Waals surface area contributed by atoms with Crippen LogP contribution in [0.1, 0.15) is 110 Å². The van der Waals surface area contributed by atoms with E-state index in [1.807, 2.05) is 6.29 Å². The van der Waals surface area contributed by atoms with Crippen molar-refractivity contribution < 1.29 is 69.2 Å². The van der Waals surface area contributed by atoms with Gasteiger partial charge in [0.05, 0.1) is 12.8 Å². The maximum atomic E-state index is 10.3. The molecular formula is C24H41NaO8. The predicted octanol–water partition coefficient (Wildman–Crippen LogP) is 1.89. The third kappa shape index (κ3) is 26.9. The number of hydrogen-bond donors (Lipinski definition) is 4. The van der Waals surface area contributed by atoms with Gasteiger partial charge in [-0.05, 0) is 25.7 Å². The van der Waals surface area contributed by atoms with Gasteiger partial charge in [0.1, 0.15) is 0 Å². The Morgan fingerprint density at radius 3 is 1.48 bits per heavy atom. The van der Waals surface area contributed by atoms with Gasteiger partial charge >= 0.3 is 47.5 Å². The van der Waals surface area contributed by atoms with Crippen LogP contribution < -0.4 is 29.6 Å². The van der Waals surface area contributed by atoms with Crippen molar-refractivity contribution in [3.8, 4) is 0 Å². The van der Waals surface area contributed by atoms with Crippen LogP contribution >= 0.6 is 0 Å². The Hall–Kier alpha value is -1.22. The van der Waals surface area contributed by atoms with E-state index >= 15 is 0 Å². The summed E-state index contributed by atoms with van der Waals surface area (Å²) < 4.78 is 0. The molecule has 0 amide bonds. The van der Waals surface area contributed by atoms with Crippen molar-refractivity contribution in [3.63, 3.8) is 0 Å². The molecule has 0 unspecified atom stereocenters. The number of carboxylic acid groups (broad SMARTS) is 3. The zero-order chi connectivity index (χ0) is 24.7. The molecule has 0 aromatic carbocycles. The minimum atomic E-state index is -2.74. The van der Waals surface area contributed by atoms with Gasteiger partial charge in [-0.2, -0.15) is 6.42 Å². The zero-order valence-electron chi connectivity index (χ0n) is 20.4. The van der Waals surface area contributed by atoms with E-state index < -0.39 is 36.4 Å². The Balaban J connectivity index is -0.000000566. The summed E-state index contributed by atoms with van der Waals surface area (Å²) in [6, 6.07) is 0. The van der Waals surface area contributed by atoms with Crippen molar-refractivity contribution in [2.45, 2.75) is 115 Å². The standard InChI is InChI=1S/C18H33O.C6H8O7.Na/c1-2-3-4-5-6-7-8-9-10-11-12-13-14-15-16-17-18-19;7-3(8)1-6(13,5(11)12)2-4(9)10;/h9-10H,2-8,11-17H2,1H3;13H,1-2H2,(H,7,8)(H,9,10)(H,11,12);/q-1;;+1/b10-9-;;. The maximum absolute atomic E-state index is 10.3. The first-order chi connectivity index (χ1) is 15.2. The van der Waals surface area contributed by atoms with Crippen molar-refractivity contribution in [2.75, 3.05) is 0 Å². The average molecular weight is 481 g/mol. The van der Waals surface area contributed by atoms with E-state index in [0.29, 0.717) is 6.42 Å². The van der Waals surface area contributed by atoms with E-state index in [0.717, 1.165) is 6.42 Å². The smallest absolute Gasteiger partial charge is 0.542 e. The first kappa shape index (κ1) is 36.4. The van der Waals surface area contributed by atoms with Crippen LogP contribution in [-0.4, -0.2) is 50.2 Å². The quantitative estimate of drug-likeness (QED) is 0.0893. The fourth-order valence-corrected chi connectivity index (χ4v) is 2.98. The molecule has 0 atom stereocenters. The van der Waals surface area contributed by atoms with E-state index in [-0.39, 0.29) is 29.6 Å². The second-order valence-electron chi connectivity index (χ2n) is 7.96. The summed E-state index contributed by atoms with van der Waals surface area (Å²) in [5.41, 5.74) is -2.74. The van der Waals surface area contributed by atoms with Gasteiger partial charge < -0.3 is 25.2 Å². The van der Waals surface area contributed by atoms with Crippen LogP contribution in [0, 0.1) is 0 Å². The topological polar surface area (TPSA) is 149 Å².